The Balaban J connectivity index is 1.92. The Hall–Kier alpha value is -2.35. The number of carbonyl (C=O) groups is 2. The Morgan fingerprint density at radius 2 is 2.16 bits per heavy atom. The fourth-order valence-electron chi connectivity index (χ4n) is 3.08. The van der Waals surface area contributed by atoms with E-state index in [9.17, 15) is 9.59 Å². The Kier molecular flexibility index (Phi) is 5.08. The molecular weight excluding hydrogens is 388 g/mol. The number of halogens is 1. The van der Waals surface area contributed by atoms with Crippen LogP contribution in [0.1, 0.15) is 51.8 Å². The number of hydrogen-bond acceptors (Lipinski definition) is 4. The molecule has 2 aromatic rings. The molecule has 3 N–H and O–H groups in total. The average molecular weight is 407 g/mol. The minimum atomic E-state index is -0.591. The molecule has 1 unspecified atom stereocenters. The predicted octanol–water partition coefficient (Wildman–Crippen LogP) is 2.65. The zero-order valence-corrected chi connectivity index (χ0v) is 15.4. The van der Waals surface area contributed by atoms with Crippen molar-refractivity contribution in [2.24, 2.45) is 5.73 Å². The van der Waals surface area contributed by atoms with Crippen molar-refractivity contribution >= 4 is 27.7 Å². The zero-order valence-electron chi connectivity index (χ0n) is 13.8. The van der Waals surface area contributed by atoms with Gasteiger partial charge in [-0.25, -0.2) is 0 Å². The molecule has 0 bridgehead atoms. The van der Waals surface area contributed by atoms with Crippen LogP contribution in [0, 0.1) is 0 Å². The van der Waals surface area contributed by atoms with Crippen LogP contribution in [0.15, 0.2) is 28.7 Å². The third kappa shape index (κ3) is 3.53. The number of nitrogens with two attached hydrogens (primary N) is 1. The van der Waals surface area contributed by atoms with Gasteiger partial charge in [0.25, 0.3) is 11.8 Å². The summed E-state index contributed by atoms with van der Waals surface area (Å²) in [7, 11) is 1.57. The minimum absolute atomic E-state index is 0.0919. The SMILES string of the molecule is COc1ccc(Br)c(C(=O)N2CCCCC2c2cc(C(N)=O)n[nH]2)c1. The molecule has 1 saturated heterocycles. The van der Waals surface area contributed by atoms with E-state index in [2.05, 4.69) is 26.1 Å². The van der Waals surface area contributed by atoms with Gasteiger partial charge in [0, 0.05) is 11.0 Å². The van der Waals surface area contributed by atoms with Gasteiger partial charge in [0.15, 0.2) is 0 Å². The van der Waals surface area contributed by atoms with Gasteiger partial charge in [-0.1, -0.05) is 0 Å². The maximum absolute atomic E-state index is 13.1. The number of benzene rings is 1. The van der Waals surface area contributed by atoms with Crippen LogP contribution in [0.3, 0.4) is 0 Å². The van der Waals surface area contributed by atoms with E-state index >= 15 is 0 Å². The van der Waals surface area contributed by atoms with E-state index in [-0.39, 0.29) is 17.6 Å². The first-order valence-corrected chi connectivity index (χ1v) is 8.80. The Labute approximate surface area is 153 Å². The molecule has 2 heterocycles. The predicted molar refractivity (Wildman–Crippen MR) is 95.4 cm³/mol. The van der Waals surface area contributed by atoms with Crippen LogP contribution in [0.5, 0.6) is 5.75 Å². The van der Waals surface area contributed by atoms with Crippen molar-refractivity contribution in [3.05, 3.63) is 45.7 Å². The van der Waals surface area contributed by atoms with Crippen molar-refractivity contribution in [2.75, 3.05) is 13.7 Å². The normalized spacial score (nSPS) is 17.4. The van der Waals surface area contributed by atoms with Gasteiger partial charge in [0.1, 0.15) is 11.4 Å². The number of aromatic amines is 1. The highest BCUT2D eigenvalue weighted by molar-refractivity contribution is 9.10. The highest BCUT2D eigenvalue weighted by Gasteiger charge is 2.31. The molecule has 2 amide bonds. The lowest BCUT2D eigenvalue weighted by Gasteiger charge is -2.35. The maximum Gasteiger partial charge on any atom is 0.269 e. The Bertz CT molecular complexity index is 805. The summed E-state index contributed by atoms with van der Waals surface area (Å²) in [6, 6.07) is 6.77. The summed E-state index contributed by atoms with van der Waals surface area (Å²) in [5, 5.41) is 6.78. The van der Waals surface area contributed by atoms with E-state index in [0.29, 0.717) is 22.3 Å². The molecule has 0 aliphatic carbocycles. The van der Waals surface area contributed by atoms with E-state index in [1.807, 2.05) is 0 Å². The summed E-state index contributed by atoms with van der Waals surface area (Å²) in [6.07, 6.45) is 2.73. The second kappa shape index (κ2) is 7.26. The zero-order chi connectivity index (χ0) is 18.0. The molecule has 0 saturated carbocycles. The van der Waals surface area contributed by atoms with Gasteiger partial charge >= 0.3 is 0 Å². The second-order valence-corrected chi connectivity index (χ2v) is 6.78. The molecule has 1 aromatic heterocycles. The molecular formula is C17H19BrN4O3. The van der Waals surface area contributed by atoms with Gasteiger partial charge in [-0.15, -0.1) is 0 Å². The standard InChI is InChI=1S/C17H19BrN4O3/c1-25-10-5-6-12(18)11(8-10)17(24)22-7-3-2-4-15(22)13-9-14(16(19)23)21-20-13/h5-6,8-9,15H,2-4,7H2,1H3,(H2,19,23)(H,20,21). The van der Waals surface area contributed by atoms with Crippen LogP contribution in [0.2, 0.25) is 0 Å². The third-order valence-corrected chi connectivity index (χ3v) is 5.07. The van der Waals surface area contributed by atoms with E-state index in [4.69, 9.17) is 10.5 Å². The van der Waals surface area contributed by atoms with Crippen molar-refractivity contribution < 1.29 is 14.3 Å². The van der Waals surface area contributed by atoms with Gasteiger partial charge in [-0.05, 0) is 59.5 Å². The minimum Gasteiger partial charge on any atom is -0.497 e. The number of primary amides is 1. The van der Waals surface area contributed by atoms with Crippen LogP contribution in [0.25, 0.3) is 0 Å². The van der Waals surface area contributed by atoms with Crippen LogP contribution >= 0.6 is 15.9 Å². The largest absolute Gasteiger partial charge is 0.497 e. The van der Waals surface area contributed by atoms with Gasteiger partial charge in [0.05, 0.1) is 24.4 Å². The number of nitrogens with zero attached hydrogens (tertiary/aromatic N) is 2. The monoisotopic (exact) mass is 406 g/mol. The quantitative estimate of drug-likeness (QED) is 0.814. The van der Waals surface area contributed by atoms with Crippen LogP contribution in [0.4, 0.5) is 0 Å². The van der Waals surface area contributed by atoms with Crippen molar-refractivity contribution in [3.63, 3.8) is 0 Å². The fraction of sp³-hybridized carbons (Fsp3) is 0.353. The number of nitrogens with one attached hydrogen (secondary N) is 1. The smallest absolute Gasteiger partial charge is 0.269 e. The van der Waals surface area contributed by atoms with Gasteiger partial charge in [-0.3, -0.25) is 14.7 Å². The maximum atomic E-state index is 13.1. The number of aromatic nitrogens is 2. The Morgan fingerprint density at radius 1 is 1.36 bits per heavy atom. The molecule has 25 heavy (non-hydrogen) atoms. The van der Waals surface area contributed by atoms with Crippen molar-refractivity contribution in [3.8, 4) is 5.75 Å². The molecule has 1 atom stereocenters. The number of hydrogen-bond donors (Lipinski definition) is 2. The lowest BCUT2D eigenvalue weighted by Crippen LogP contribution is -2.38. The van der Waals surface area contributed by atoms with Gasteiger partial charge in [-0.2, -0.15) is 5.10 Å². The molecule has 1 aromatic carbocycles. The molecule has 1 fully saturated rings. The molecule has 8 heteroatoms. The highest BCUT2D eigenvalue weighted by Crippen LogP contribution is 2.33. The highest BCUT2D eigenvalue weighted by atomic mass is 79.9. The first-order chi connectivity index (χ1) is 12.0. The van der Waals surface area contributed by atoms with Crippen LogP contribution < -0.4 is 10.5 Å². The lowest BCUT2D eigenvalue weighted by atomic mass is 9.98. The molecule has 7 nitrogen and oxygen atoms in total. The van der Waals surface area contributed by atoms with Crippen molar-refractivity contribution in [1.29, 1.82) is 0 Å². The molecule has 1 aliphatic rings. The van der Waals surface area contributed by atoms with E-state index in [1.54, 1.807) is 36.3 Å². The summed E-state index contributed by atoms with van der Waals surface area (Å²) in [6.45, 7) is 0.637. The molecule has 1 aliphatic heterocycles. The number of amides is 2. The lowest BCUT2D eigenvalue weighted by molar-refractivity contribution is 0.0604. The first-order valence-electron chi connectivity index (χ1n) is 8.01. The number of likely N-dealkylation sites (tertiary alicyclic amines) is 1. The summed E-state index contributed by atoms with van der Waals surface area (Å²) < 4.78 is 5.94. The van der Waals surface area contributed by atoms with Crippen LogP contribution in [-0.4, -0.2) is 40.6 Å². The topological polar surface area (TPSA) is 101 Å². The van der Waals surface area contributed by atoms with Crippen molar-refractivity contribution in [1.82, 2.24) is 15.1 Å². The fourth-order valence-corrected chi connectivity index (χ4v) is 3.50. The molecule has 3 rings (SSSR count). The number of H-pyrrole nitrogens is 1. The van der Waals surface area contributed by atoms with Gasteiger partial charge < -0.3 is 15.4 Å². The summed E-state index contributed by atoms with van der Waals surface area (Å²) >= 11 is 3.44. The summed E-state index contributed by atoms with van der Waals surface area (Å²) in [5.41, 5.74) is 6.71. The molecule has 0 spiro atoms. The number of rotatable bonds is 4. The van der Waals surface area contributed by atoms with Crippen LogP contribution in [-0.2, 0) is 0 Å². The number of methoxy groups -OCH3 is 1. The van der Waals surface area contributed by atoms with Crippen molar-refractivity contribution in [2.45, 2.75) is 25.3 Å². The number of ether oxygens (including phenoxy) is 1. The summed E-state index contributed by atoms with van der Waals surface area (Å²) in [5.74, 6) is -0.0601. The number of carbonyl (C=O) groups excluding carboxylic acids is 2. The molecule has 0 radical (unpaired) electrons. The van der Waals surface area contributed by atoms with E-state index < -0.39 is 5.91 Å². The number of piperidine rings is 1. The molecule has 132 valence electrons. The van der Waals surface area contributed by atoms with E-state index in [0.717, 1.165) is 25.0 Å². The van der Waals surface area contributed by atoms with E-state index in [1.165, 1.54) is 0 Å². The van der Waals surface area contributed by atoms with Gasteiger partial charge in [0.2, 0.25) is 0 Å². The summed E-state index contributed by atoms with van der Waals surface area (Å²) in [4.78, 5) is 26.2. The Morgan fingerprint density at radius 3 is 2.84 bits per heavy atom. The first kappa shape index (κ1) is 17.5. The second-order valence-electron chi connectivity index (χ2n) is 5.93. The average Bonchev–Trinajstić information content (AvgIpc) is 3.12. The third-order valence-electron chi connectivity index (χ3n) is 4.38.